The van der Waals surface area contributed by atoms with Crippen molar-refractivity contribution < 1.29 is 14.4 Å². The van der Waals surface area contributed by atoms with Crippen molar-refractivity contribution in [2.45, 2.75) is 32.1 Å². The van der Waals surface area contributed by atoms with Crippen LogP contribution < -0.4 is 5.32 Å². The van der Waals surface area contributed by atoms with E-state index in [1.165, 1.54) is 4.90 Å². The lowest BCUT2D eigenvalue weighted by Crippen LogP contribution is -2.60. The Morgan fingerprint density at radius 2 is 1.86 bits per heavy atom. The van der Waals surface area contributed by atoms with Crippen molar-refractivity contribution in [3.8, 4) is 0 Å². The highest BCUT2D eigenvalue weighted by atomic mass is 16.2. The van der Waals surface area contributed by atoms with Gasteiger partial charge in [0.2, 0.25) is 11.8 Å². The number of amides is 4. The van der Waals surface area contributed by atoms with E-state index in [-0.39, 0.29) is 11.8 Å². The Labute approximate surface area is 124 Å². The van der Waals surface area contributed by atoms with Gasteiger partial charge in [0.05, 0.1) is 0 Å². The maximum atomic E-state index is 12.6. The third-order valence-corrected chi connectivity index (χ3v) is 5.09. The summed E-state index contributed by atoms with van der Waals surface area (Å²) in [6.07, 6.45) is 4.97. The molecule has 2 atom stereocenters. The number of nitrogens with zero attached hydrogens (tertiary/aromatic N) is 2. The van der Waals surface area contributed by atoms with Gasteiger partial charge < -0.3 is 4.90 Å². The first-order valence-electron chi connectivity index (χ1n) is 7.91. The van der Waals surface area contributed by atoms with E-state index in [2.05, 4.69) is 10.2 Å². The summed E-state index contributed by atoms with van der Waals surface area (Å²) in [7, 11) is 2.04. The highest BCUT2D eigenvalue weighted by molar-refractivity contribution is 6.16. The van der Waals surface area contributed by atoms with Gasteiger partial charge in [0.25, 0.3) is 0 Å². The summed E-state index contributed by atoms with van der Waals surface area (Å²) in [4.78, 5) is 40.2. The molecule has 2 aliphatic heterocycles. The van der Waals surface area contributed by atoms with Gasteiger partial charge in [0.15, 0.2) is 0 Å². The van der Waals surface area contributed by atoms with Gasteiger partial charge in [-0.15, -0.1) is 0 Å². The fraction of sp³-hybridized carbons (Fsp3) is 0.800. The molecule has 0 aromatic rings. The van der Waals surface area contributed by atoms with E-state index in [4.69, 9.17) is 0 Å². The third kappa shape index (κ3) is 2.81. The molecular formula is C15H23N3O3. The molecule has 6 heteroatoms. The maximum Gasteiger partial charge on any atom is 0.330 e. The van der Waals surface area contributed by atoms with Crippen molar-refractivity contribution in [3.63, 3.8) is 0 Å². The minimum atomic E-state index is -0.649. The number of nitrogens with one attached hydrogen (secondary N) is 1. The molecule has 4 amide bonds. The maximum absolute atomic E-state index is 12.6. The van der Waals surface area contributed by atoms with Crippen LogP contribution in [0.5, 0.6) is 0 Å². The van der Waals surface area contributed by atoms with E-state index >= 15 is 0 Å². The molecule has 0 bridgehead atoms. The van der Waals surface area contributed by atoms with Gasteiger partial charge in [-0.05, 0) is 44.7 Å². The molecule has 3 fully saturated rings. The Morgan fingerprint density at radius 3 is 2.48 bits per heavy atom. The Bertz CT molecular complexity index is 459. The van der Waals surface area contributed by atoms with Crippen molar-refractivity contribution in [2.75, 3.05) is 26.7 Å². The van der Waals surface area contributed by atoms with Gasteiger partial charge in [-0.25, -0.2) is 4.79 Å². The van der Waals surface area contributed by atoms with E-state index in [0.717, 1.165) is 45.2 Å². The molecule has 3 aliphatic rings. The Morgan fingerprint density at radius 1 is 1.14 bits per heavy atom. The first kappa shape index (κ1) is 14.5. The van der Waals surface area contributed by atoms with Crippen LogP contribution in [0.15, 0.2) is 0 Å². The highest BCUT2D eigenvalue weighted by Gasteiger charge is 2.45. The zero-order valence-electron chi connectivity index (χ0n) is 12.5. The summed E-state index contributed by atoms with van der Waals surface area (Å²) in [6, 6.07) is -0.534. The lowest BCUT2D eigenvalue weighted by Gasteiger charge is -2.34. The second-order valence-corrected chi connectivity index (χ2v) is 6.68. The number of likely N-dealkylation sites (tertiary alicyclic amines) is 1. The summed E-state index contributed by atoms with van der Waals surface area (Å²) in [5.41, 5.74) is 0. The average molecular weight is 293 g/mol. The lowest BCUT2D eigenvalue weighted by atomic mass is 9.87. The number of imide groups is 2. The molecule has 2 unspecified atom stereocenters. The van der Waals surface area contributed by atoms with Crippen LogP contribution in [-0.4, -0.2) is 54.3 Å². The lowest BCUT2D eigenvalue weighted by molar-refractivity contribution is -0.145. The van der Waals surface area contributed by atoms with Crippen molar-refractivity contribution in [1.29, 1.82) is 0 Å². The molecule has 1 saturated carbocycles. The molecule has 2 saturated heterocycles. The summed E-state index contributed by atoms with van der Waals surface area (Å²) < 4.78 is 0. The SMILES string of the molecule is CN1CCC(CN2C(=O)NC(=O)C(C3CCCC3)C2=O)C1. The van der Waals surface area contributed by atoms with Crippen LogP contribution >= 0.6 is 0 Å². The van der Waals surface area contributed by atoms with Crippen LogP contribution in [0, 0.1) is 17.8 Å². The van der Waals surface area contributed by atoms with E-state index < -0.39 is 17.9 Å². The highest BCUT2D eigenvalue weighted by Crippen LogP contribution is 2.34. The van der Waals surface area contributed by atoms with E-state index in [1.54, 1.807) is 0 Å². The fourth-order valence-corrected chi connectivity index (χ4v) is 3.94. The normalized spacial score (nSPS) is 32.0. The quantitative estimate of drug-likeness (QED) is 0.782. The second kappa shape index (κ2) is 5.75. The smallest absolute Gasteiger partial charge is 0.306 e. The molecular weight excluding hydrogens is 270 g/mol. The van der Waals surface area contributed by atoms with E-state index in [0.29, 0.717) is 12.5 Å². The number of carbonyl (C=O) groups is 3. The fourth-order valence-electron chi connectivity index (χ4n) is 3.94. The predicted octanol–water partition coefficient (Wildman–Crippen LogP) is 0.823. The van der Waals surface area contributed by atoms with Crippen molar-refractivity contribution >= 4 is 17.8 Å². The summed E-state index contributed by atoms with van der Waals surface area (Å²) in [6.45, 7) is 2.34. The van der Waals surface area contributed by atoms with Crippen LogP contribution in [-0.2, 0) is 9.59 Å². The number of barbiturate groups is 1. The van der Waals surface area contributed by atoms with Crippen LogP contribution in [0.2, 0.25) is 0 Å². The van der Waals surface area contributed by atoms with Gasteiger partial charge in [0, 0.05) is 13.1 Å². The average Bonchev–Trinajstić information content (AvgIpc) is 3.06. The minimum absolute atomic E-state index is 0.111. The predicted molar refractivity (Wildman–Crippen MR) is 76.3 cm³/mol. The Balaban J connectivity index is 1.71. The first-order valence-corrected chi connectivity index (χ1v) is 7.91. The molecule has 0 radical (unpaired) electrons. The zero-order valence-corrected chi connectivity index (χ0v) is 12.5. The van der Waals surface area contributed by atoms with E-state index in [1.807, 2.05) is 7.05 Å². The molecule has 21 heavy (non-hydrogen) atoms. The number of urea groups is 1. The largest absolute Gasteiger partial charge is 0.330 e. The van der Waals surface area contributed by atoms with Gasteiger partial charge in [-0.1, -0.05) is 12.8 Å². The molecule has 1 N–H and O–H groups in total. The summed E-state index contributed by atoms with van der Waals surface area (Å²) in [5.74, 6) is -0.882. The van der Waals surface area contributed by atoms with Crippen LogP contribution in [0.3, 0.4) is 0 Å². The van der Waals surface area contributed by atoms with Crippen LogP contribution in [0.4, 0.5) is 4.79 Å². The standard InChI is InChI=1S/C15H23N3O3/c1-17-7-6-10(8-17)9-18-14(20)12(11-4-2-3-5-11)13(19)16-15(18)21/h10-12H,2-9H2,1H3,(H,16,19,21). The molecule has 1 aliphatic carbocycles. The number of hydrogen-bond donors (Lipinski definition) is 1. The monoisotopic (exact) mass is 293 g/mol. The van der Waals surface area contributed by atoms with Crippen LogP contribution in [0.25, 0.3) is 0 Å². The molecule has 3 rings (SSSR count). The molecule has 6 nitrogen and oxygen atoms in total. The van der Waals surface area contributed by atoms with E-state index in [9.17, 15) is 14.4 Å². The summed E-state index contributed by atoms with van der Waals surface area (Å²) >= 11 is 0. The Kier molecular flexibility index (Phi) is 3.97. The summed E-state index contributed by atoms with van der Waals surface area (Å²) in [5, 5.41) is 2.39. The molecule has 0 aromatic heterocycles. The first-order chi connectivity index (χ1) is 10.1. The van der Waals surface area contributed by atoms with Gasteiger partial charge in [0.1, 0.15) is 5.92 Å². The Hall–Kier alpha value is -1.43. The second-order valence-electron chi connectivity index (χ2n) is 6.68. The molecule has 2 heterocycles. The number of rotatable bonds is 3. The van der Waals surface area contributed by atoms with Crippen molar-refractivity contribution in [3.05, 3.63) is 0 Å². The van der Waals surface area contributed by atoms with Gasteiger partial charge >= 0.3 is 6.03 Å². The molecule has 0 spiro atoms. The minimum Gasteiger partial charge on any atom is -0.306 e. The number of carbonyl (C=O) groups excluding carboxylic acids is 3. The topological polar surface area (TPSA) is 69.7 Å². The number of hydrogen-bond acceptors (Lipinski definition) is 4. The van der Waals surface area contributed by atoms with Crippen molar-refractivity contribution in [1.82, 2.24) is 15.1 Å². The molecule has 116 valence electrons. The zero-order chi connectivity index (χ0) is 15.0. The third-order valence-electron chi connectivity index (χ3n) is 5.09. The van der Waals surface area contributed by atoms with Crippen LogP contribution in [0.1, 0.15) is 32.1 Å². The van der Waals surface area contributed by atoms with Gasteiger partial charge in [-0.3, -0.25) is 19.8 Å². The van der Waals surface area contributed by atoms with Gasteiger partial charge in [-0.2, -0.15) is 0 Å². The molecule has 0 aromatic carbocycles. The van der Waals surface area contributed by atoms with Crippen molar-refractivity contribution in [2.24, 2.45) is 17.8 Å².